The van der Waals surface area contributed by atoms with Crippen LogP contribution in [-0.2, 0) is 16.0 Å². The number of ketones is 1. The van der Waals surface area contributed by atoms with E-state index in [0.717, 1.165) is 12.0 Å². The van der Waals surface area contributed by atoms with Gasteiger partial charge >= 0.3 is 5.97 Å². The molecule has 0 aliphatic carbocycles. The Morgan fingerprint density at radius 1 is 1.14 bits per heavy atom. The van der Waals surface area contributed by atoms with Crippen molar-refractivity contribution in [1.29, 1.82) is 0 Å². The first-order chi connectivity index (χ1) is 14.0. The standard InChI is InChI=1S/C23H24O6/c1-4-16-5-8-18(9-6-16)22(25)15(2)29-21(24)10-7-17-13-19(26-3)23-20(14-17)27-11-12-28-23/h5-10,13-15H,4,11-12H2,1-3H3/b10-7+/t15-/m0/s1. The second-order valence-corrected chi connectivity index (χ2v) is 6.57. The van der Waals surface area contributed by atoms with Crippen LogP contribution in [0.2, 0.25) is 0 Å². The van der Waals surface area contributed by atoms with E-state index in [4.69, 9.17) is 18.9 Å². The first kappa shape index (κ1) is 20.5. The van der Waals surface area contributed by atoms with E-state index in [9.17, 15) is 9.59 Å². The lowest BCUT2D eigenvalue weighted by Crippen LogP contribution is -2.23. The van der Waals surface area contributed by atoms with Gasteiger partial charge < -0.3 is 18.9 Å². The van der Waals surface area contributed by atoms with E-state index >= 15 is 0 Å². The van der Waals surface area contributed by atoms with Crippen LogP contribution in [0.25, 0.3) is 6.08 Å². The van der Waals surface area contributed by atoms with E-state index in [1.165, 1.54) is 13.2 Å². The van der Waals surface area contributed by atoms with Gasteiger partial charge in [0.25, 0.3) is 0 Å². The number of methoxy groups -OCH3 is 1. The molecule has 0 N–H and O–H groups in total. The van der Waals surface area contributed by atoms with Crippen LogP contribution in [0.1, 0.15) is 35.3 Å². The molecule has 0 amide bonds. The Bertz CT molecular complexity index is 896. The topological polar surface area (TPSA) is 71.1 Å². The third kappa shape index (κ3) is 4.96. The van der Waals surface area contributed by atoms with Gasteiger partial charge in [-0.3, -0.25) is 4.79 Å². The number of fused-ring (bicyclic) bond motifs is 1. The maximum Gasteiger partial charge on any atom is 0.331 e. The van der Waals surface area contributed by atoms with Gasteiger partial charge in [0, 0.05) is 11.6 Å². The minimum atomic E-state index is -0.880. The van der Waals surface area contributed by atoms with Crippen LogP contribution in [0.4, 0.5) is 0 Å². The van der Waals surface area contributed by atoms with Gasteiger partial charge in [0.05, 0.1) is 7.11 Å². The number of benzene rings is 2. The van der Waals surface area contributed by atoms with E-state index in [2.05, 4.69) is 0 Å². The summed E-state index contributed by atoms with van der Waals surface area (Å²) in [5.74, 6) is 0.782. The smallest absolute Gasteiger partial charge is 0.331 e. The first-order valence-electron chi connectivity index (χ1n) is 9.51. The highest BCUT2D eigenvalue weighted by molar-refractivity contribution is 6.01. The average molecular weight is 396 g/mol. The summed E-state index contributed by atoms with van der Waals surface area (Å²) in [4.78, 5) is 24.6. The van der Waals surface area contributed by atoms with Crippen LogP contribution in [0, 0.1) is 0 Å². The Morgan fingerprint density at radius 3 is 2.55 bits per heavy atom. The molecule has 1 heterocycles. The molecule has 0 aromatic heterocycles. The number of ether oxygens (including phenoxy) is 4. The largest absolute Gasteiger partial charge is 0.493 e. The van der Waals surface area contributed by atoms with Crippen LogP contribution in [-0.4, -0.2) is 38.2 Å². The fourth-order valence-corrected chi connectivity index (χ4v) is 2.96. The minimum absolute atomic E-state index is 0.240. The fourth-order valence-electron chi connectivity index (χ4n) is 2.96. The summed E-state index contributed by atoms with van der Waals surface area (Å²) in [5, 5.41) is 0. The van der Waals surface area contributed by atoms with Crippen LogP contribution < -0.4 is 14.2 Å². The molecule has 0 saturated carbocycles. The van der Waals surface area contributed by atoms with Gasteiger partial charge in [-0.25, -0.2) is 4.79 Å². The highest BCUT2D eigenvalue weighted by atomic mass is 16.6. The number of hydrogen-bond acceptors (Lipinski definition) is 6. The molecule has 0 fully saturated rings. The number of rotatable bonds is 7. The number of Topliss-reactive ketones (excluding diaryl/α,β-unsaturated/α-hetero) is 1. The lowest BCUT2D eigenvalue weighted by Gasteiger charge is -2.20. The van der Waals surface area contributed by atoms with Crippen LogP contribution in [0.15, 0.2) is 42.5 Å². The van der Waals surface area contributed by atoms with Gasteiger partial charge in [0.2, 0.25) is 11.5 Å². The van der Waals surface area contributed by atoms with Crippen molar-refractivity contribution in [2.75, 3.05) is 20.3 Å². The minimum Gasteiger partial charge on any atom is -0.493 e. The molecular weight excluding hydrogens is 372 g/mol. The molecule has 0 saturated heterocycles. The number of carbonyl (C=O) groups is 2. The molecule has 29 heavy (non-hydrogen) atoms. The van der Waals surface area contributed by atoms with E-state index < -0.39 is 12.1 Å². The molecule has 1 atom stereocenters. The Balaban J connectivity index is 1.65. The number of hydrogen-bond donors (Lipinski definition) is 0. The first-order valence-corrected chi connectivity index (χ1v) is 9.51. The molecule has 2 aromatic carbocycles. The summed E-state index contributed by atoms with van der Waals surface area (Å²) in [6.07, 6.45) is 2.87. The third-order valence-corrected chi connectivity index (χ3v) is 4.57. The quantitative estimate of drug-likeness (QED) is 0.402. The van der Waals surface area contributed by atoms with E-state index in [1.807, 2.05) is 19.1 Å². The third-order valence-electron chi connectivity index (χ3n) is 4.57. The Kier molecular flexibility index (Phi) is 6.54. The van der Waals surface area contributed by atoms with Crippen molar-refractivity contribution < 1.29 is 28.5 Å². The van der Waals surface area contributed by atoms with Crippen molar-refractivity contribution in [3.05, 3.63) is 59.2 Å². The SMILES string of the molecule is CCc1ccc(C(=O)[C@H](C)OC(=O)/C=C/c2cc(OC)c3c(c2)OCCO3)cc1. The highest BCUT2D eigenvalue weighted by Gasteiger charge is 2.20. The second-order valence-electron chi connectivity index (χ2n) is 6.57. The summed E-state index contributed by atoms with van der Waals surface area (Å²) in [7, 11) is 1.54. The molecule has 1 aliphatic heterocycles. The van der Waals surface area contributed by atoms with E-state index in [-0.39, 0.29) is 5.78 Å². The van der Waals surface area contributed by atoms with Crippen molar-refractivity contribution in [1.82, 2.24) is 0 Å². The van der Waals surface area contributed by atoms with E-state index in [1.54, 1.807) is 37.3 Å². The van der Waals surface area contributed by atoms with Gasteiger partial charge in [0.15, 0.2) is 17.6 Å². The highest BCUT2D eigenvalue weighted by Crippen LogP contribution is 2.40. The Labute approximate surface area is 170 Å². The fraction of sp³-hybridized carbons (Fsp3) is 0.304. The predicted octanol–water partition coefficient (Wildman–Crippen LogP) is 3.86. The predicted molar refractivity (Wildman–Crippen MR) is 109 cm³/mol. The van der Waals surface area contributed by atoms with Crippen molar-refractivity contribution in [2.45, 2.75) is 26.4 Å². The zero-order chi connectivity index (χ0) is 20.8. The van der Waals surface area contributed by atoms with Crippen molar-refractivity contribution in [3.8, 4) is 17.2 Å². The van der Waals surface area contributed by atoms with Crippen LogP contribution >= 0.6 is 0 Å². The molecule has 3 rings (SSSR count). The molecule has 0 unspecified atom stereocenters. The van der Waals surface area contributed by atoms with Gasteiger partial charge in [0.1, 0.15) is 13.2 Å². The second kappa shape index (κ2) is 9.28. The maximum absolute atomic E-state index is 12.4. The molecule has 0 bridgehead atoms. The Morgan fingerprint density at radius 2 is 1.86 bits per heavy atom. The number of aryl methyl sites for hydroxylation is 1. The van der Waals surface area contributed by atoms with Gasteiger partial charge in [-0.1, -0.05) is 31.2 Å². The molecule has 152 valence electrons. The summed E-state index contributed by atoms with van der Waals surface area (Å²) in [6, 6.07) is 10.8. The zero-order valence-electron chi connectivity index (χ0n) is 16.8. The molecule has 6 heteroatoms. The van der Waals surface area contributed by atoms with Crippen molar-refractivity contribution in [2.24, 2.45) is 0 Å². The molecular formula is C23H24O6. The maximum atomic E-state index is 12.4. The van der Waals surface area contributed by atoms with Gasteiger partial charge in [-0.05, 0) is 42.7 Å². The summed E-state index contributed by atoms with van der Waals surface area (Å²) in [6.45, 7) is 4.52. The number of carbonyl (C=O) groups excluding carboxylic acids is 2. The van der Waals surface area contributed by atoms with Crippen LogP contribution in [0.5, 0.6) is 17.2 Å². The Hall–Kier alpha value is -3.28. The van der Waals surface area contributed by atoms with E-state index in [0.29, 0.717) is 41.6 Å². The molecule has 6 nitrogen and oxygen atoms in total. The van der Waals surface area contributed by atoms with Crippen LogP contribution in [0.3, 0.4) is 0 Å². The summed E-state index contributed by atoms with van der Waals surface area (Å²) < 4.78 is 21.7. The zero-order valence-corrected chi connectivity index (χ0v) is 16.8. The number of esters is 1. The van der Waals surface area contributed by atoms with Gasteiger partial charge in [-0.15, -0.1) is 0 Å². The lowest BCUT2D eigenvalue weighted by molar-refractivity contribution is -0.140. The summed E-state index contributed by atoms with van der Waals surface area (Å²) in [5.41, 5.74) is 2.35. The molecule has 0 spiro atoms. The lowest BCUT2D eigenvalue weighted by atomic mass is 10.0. The monoisotopic (exact) mass is 396 g/mol. The summed E-state index contributed by atoms with van der Waals surface area (Å²) >= 11 is 0. The van der Waals surface area contributed by atoms with Gasteiger partial charge in [-0.2, -0.15) is 0 Å². The average Bonchev–Trinajstić information content (AvgIpc) is 2.76. The molecule has 2 aromatic rings. The normalized spacial score (nSPS) is 13.8. The van der Waals surface area contributed by atoms with Crippen molar-refractivity contribution >= 4 is 17.8 Å². The molecule has 0 radical (unpaired) electrons. The molecule has 1 aliphatic rings. The van der Waals surface area contributed by atoms with Crippen molar-refractivity contribution in [3.63, 3.8) is 0 Å².